The van der Waals surface area contributed by atoms with Gasteiger partial charge in [0.1, 0.15) is 6.04 Å². The summed E-state index contributed by atoms with van der Waals surface area (Å²) in [4.78, 5) is 0. The molecule has 3 nitrogen and oxygen atoms in total. The second-order valence-electron chi connectivity index (χ2n) is 3.66. The van der Waals surface area contributed by atoms with Crippen LogP contribution < -0.4 is 5.32 Å². The van der Waals surface area contributed by atoms with Crippen molar-refractivity contribution in [1.29, 1.82) is 0 Å². The minimum absolute atomic E-state index is 0.102. The van der Waals surface area contributed by atoms with Gasteiger partial charge in [0.2, 0.25) is 5.91 Å². The number of hydrogen-bond donors (Lipinski definition) is 1. The molecule has 0 spiro atoms. The highest BCUT2D eigenvalue weighted by Gasteiger charge is 2.57. The van der Waals surface area contributed by atoms with E-state index in [-0.39, 0.29) is 6.04 Å². The van der Waals surface area contributed by atoms with Crippen molar-refractivity contribution < 1.29 is 9.47 Å². The predicted molar refractivity (Wildman–Crippen MR) is 63.3 cm³/mol. The molecule has 0 radical (unpaired) electrons. The fourth-order valence-corrected chi connectivity index (χ4v) is 1.96. The molecule has 1 heterocycles. The fraction of sp³-hybridized carbons (Fsp3) is 0.500. The Kier molecular flexibility index (Phi) is 3.50. The van der Waals surface area contributed by atoms with Crippen molar-refractivity contribution in [3.63, 3.8) is 0 Å². The quantitative estimate of drug-likeness (QED) is 0.637. The van der Waals surface area contributed by atoms with Crippen LogP contribution in [0.2, 0.25) is 5.02 Å². The highest BCUT2D eigenvalue weighted by molar-refractivity contribution is 6.30. The average Bonchev–Trinajstić information content (AvgIpc) is 2.95. The number of halogens is 1. The van der Waals surface area contributed by atoms with Gasteiger partial charge in [-0.05, 0) is 31.5 Å². The molecule has 0 aromatic heterocycles. The molecule has 16 heavy (non-hydrogen) atoms. The second-order valence-corrected chi connectivity index (χ2v) is 4.10. The molecule has 0 saturated carbocycles. The van der Waals surface area contributed by atoms with Gasteiger partial charge < -0.3 is 9.47 Å². The van der Waals surface area contributed by atoms with Gasteiger partial charge in [0, 0.05) is 18.2 Å². The maximum Gasteiger partial charge on any atom is 0.248 e. The molecule has 88 valence electrons. The van der Waals surface area contributed by atoms with E-state index in [2.05, 4.69) is 5.32 Å². The summed E-state index contributed by atoms with van der Waals surface area (Å²) < 4.78 is 11.2. The van der Waals surface area contributed by atoms with Gasteiger partial charge in [0.25, 0.3) is 0 Å². The van der Waals surface area contributed by atoms with Crippen LogP contribution in [0.3, 0.4) is 0 Å². The summed E-state index contributed by atoms with van der Waals surface area (Å²) in [5.74, 6) is -0.628. The van der Waals surface area contributed by atoms with Gasteiger partial charge >= 0.3 is 0 Å². The molecule has 4 heteroatoms. The predicted octanol–water partition coefficient (Wildman–Crippen LogP) is 2.71. The van der Waals surface area contributed by atoms with Gasteiger partial charge in [0.05, 0.1) is 0 Å². The Hall–Kier alpha value is -0.610. The van der Waals surface area contributed by atoms with Crippen molar-refractivity contribution in [2.24, 2.45) is 0 Å². The summed E-state index contributed by atoms with van der Waals surface area (Å²) >= 11 is 5.85. The molecule has 1 atom stereocenters. The van der Waals surface area contributed by atoms with Crippen molar-refractivity contribution >= 4 is 11.6 Å². The van der Waals surface area contributed by atoms with Crippen LogP contribution in [0.25, 0.3) is 0 Å². The first-order valence-electron chi connectivity index (χ1n) is 5.53. The maximum absolute atomic E-state index is 5.85. The van der Waals surface area contributed by atoms with Crippen LogP contribution in [0.1, 0.15) is 25.5 Å². The minimum Gasteiger partial charge on any atom is -0.336 e. The fourth-order valence-electron chi connectivity index (χ4n) is 1.84. The van der Waals surface area contributed by atoms with E-state index in [1.54, 1.807) is 0 Å². The van der Waals surface area contributed by atoms with Gasteiger partial charge in [-0.1, -0.05) is 23.7 Å². The molecule has 0 aliphatic carbocycles. The topological polar surface area (TPSA) is 40.4 Å². The summed E-state index contributed by atoms with van der Waals surface area (Å²) in [6, 6.07) is 7.82. The zero-order chi connectivity index (χ0) is 11.6. The third-order valence-electron chi connectivity index (χ3n) is 2.56. The first kappa shape index (κ1) is 11.9. The van der Waals surface area contributed by atoms with E-state index in [0.29, 0.717) is 13.2 Å². The zero-order valence-electron chi connectivity index (χ0n) is 9.50. The number of ether oxygens (including phenoxy) is 2. The molecule has 1 aliphatic rings. The van der Waals surface area contributed by atoms with E-state index in [0.717, 1.165) is 10.6 Å². The van der Waals surface area contributed by atoms with Crippen LogP contribution >= 0.6 is 11.6 Å². The number of benzene rings is 1. The summed E-state index contributed by atoms with van der Waals surface area (Å²) in [5.41, 5.74) is 1.13. The van der Waals surface area contributed by atoms with Crippen molar-refractivity contribution in [2.75, 3.05) is 13.2 Å². The van der Waals surface area contributed by atoms with Crippen LogP contribution in [0.15, 0.2) is 24.3 Å². The lowest BCUT2D eigenvalue weighted by molar-refractivity contribution is -0.170. The summed E-state index contributed by atoms with van der Waals surface area (Å²) in [7, 11) is 0. The lowest BCUT2D eigenvalue weighted by atomic mass is 10.1. The largest absolute Gasteiger partial charge is 0.336 e. The third kappa shape index (κ3) is 2.23. The Morgan fingerprint density at radius 1 is 1.19 bits per heavy atom. The molecule has 0 bridgehead atoms. The number of rotatable bonds is 5. The molecule has 1 N–H and O–H groups in total. The first-order chi connectivity index (χ1) is 7.72. The Morgan fingerprint density at radius 2 is 1.75 bits per heavy atom. The molecular formula is C12H16ClNO2. The monoisotopic (exact) mass is 241 g/mol. The Morgan fingerprint density at radius 3 is 2.25 bits per heavy atom. The van der Waals surface area contributed by atoms with E-state index >= 15 is 0 Å². The Balaban J connectivity index is 2.09. The molecule has 1 aromatic carbocycles. The molecular weight excluding hydrogens is 226 g/mol. The minimum atomic E-state index is -0.628. The third-order valence-corrected chi connectivity index (χ3v) is 2.82. The van der Waals surface area contributed by atoms with Crippen molar-refractivity contribution in [3.05, 3.63) is 34.9 Å². The van der Waals surface area contributed by atoms with Gasteiger partial charge in [0.15, 0.2) is 0 Å². The molecule has 1 unspecified atom stereocenters. The number of nitrogens with one attached hydrogen (secondary N) is 1. The lowest BCUT2D eigenvalue weighted by Gasteiger charge is -2.14. The summed E-state index contributed by atoms with van der Waals surface area (Å²) in [5, 5.41) is 3.97. The second kappa shape index (κ2) is 4.72. The van der Waals surface area contributed by atoms with Crippen LogP contribution in [0, 0.1) is 0 Å². The summed E-state index contributed by atoms with van der Waals surface area (Å²) in [6.07, 6.45) is 0. The van der Waals surface area contributed by atoms with E-state index in [1.807, 2.05) is 38.1 Å². The molecule has 1 fully saturated rings. The van der Waals surface area contributed by atoms with Crippen LogP contribution in [-0.4, -0.2) is 19.1 Å². The highest BCUT2D eigenvalue weighted by Crippen LogP contribution is 2.42. The van der Waals surface area contributed by atoms with E-state index in [9.17, 15) is 0 Å². The van der Waals surface area contributed by atoms with E-state index in [1.165, 1.54) is 0 Å². The van der Waals surface area contributed by atoms with Crippen LogP contribution in [0.5, 0.6) is 0 Å². The summed E-state index contributed by atoms with van der Waals surface area (Å²) in [6.45, 7) is 5.16. The Bertz CT molecular complexity index is 347. The van der Waals surface area contributed by atoms with Crippen LogP contribution in [0.4, 0.5) is 0 Å². The number of hydrogen-bond acceptors (Lipinski definition) is 3. The smallest absolute Gasteiger partial charge is 0.248 e. The molecule has 1 aromatic rings. The SMILES string of the molecule is CCOC1(OCC)NC1c1ccc(Cl)cc1. The molecule has 2 rings (SSSR count). The van der Waals surface area contributed by atoms with Gasteiger partial charge in [-0.3, -0.25) is 5.32 Å². The zero-order valence-corrected chi connectivity index (χ0v) is 10.3. The van der Waals surface area contributed by atoms with Crippen molar-refractivity contribution in [3.8, 4) is 0 Å². The normalized spacial score (nSPS) is 22.1. The van der Waals surface area contributed by atoms with E-state index < -0.39 is 5.91 Å². The average molecular weight is 242 g/mol. The lowest BCUT2D eigenvalue weighted by Crippen LogP contribution is -2.24. The Labute approximate surface area is 101 Å². The van der Waals surface area contributed by atoms with Gasteiger partial charge in [-0.25, -0.2) is 0 Å². The van der Waals surface area contributed by atoms with Crippen molar-refractivity contribution in [1.82, 2.24) is 5.32 Å². The first-order valence-corrected chi connectivity index (χ1v) is 5.90. The van der Waals surface area contributed by atoms with Crippen LogP contribution in [-0.2, 0) is 9.47 Å². The van der Waals surface area contributed by atoms with Gasteiger partial charge in [-0.2, -0.15) is 0 Å². The molecule has 1 saturated heterocycles. The molecule has 1 aliphatic heterocycles. The standard InChI is InChI=1S/C12H16ClNO2/c1-3-15-12(16-4-2)11(14-12)9-5-7-10(13)8-6-9/h5-8,11,14H,3-4H2,1-2H3. The molecule has 0 amide bonds. The van der Waals surface area contributed by atoms with Gasteiger partial charge in [-0.15, -0.1) is 0 Å². The van der Waals surface area contributed by atoms with Crippen molar-refractivity contribution in [2.45, 2.75) is 25.8 Å². The van der Waals surface area contributed by atoms with E-state index in [4.69, 9.17) is 21.1 Å². The maximum atomic E-state index is 5.85. The highest BCUT2D eigenvalue weighted by atomic mass is 35.5.